The van der Waals surface area contributed by atoms with Crippen molar-refractivity contribution in [3.05, 3.63) is 17.5 Å². The summed E-state index contributed by atoms with van der Waals surface area (Å²) in [5.41, 5.74) is 6.64. The van der Waals surface area contributed by atoms with E-state index in [0.717, 1.165) is 5.69 Å². The van der Waals surface area contributed by atoms with Gasteiger partial charge in [0.25, 0.3) is 5.91 Å². The van der Waals surface area contributed by atoms with E-state index in [9.17, 15) is 9.59 Å². The first-order valence-corrected chi connectivity index (χ1v) is 7.80. The van der Waals surface area contributed by atoms with Crippen LogP contribution in [0.25, 0.3) is 0 Å². The molecule has 2 amide bonds. The number of carbonyl (C=O) groups is 2. The average molecular weight is 306 g/mol. The minimum absolute atomic E-state index is 0.117. The normalized spacial score (nSPS) is 19.0. The maximum absolute atomic E-state index is 12.6. The van der Waals surface area contributed by atoms with Crippen LogP contribution < -0.4 is 5.73 Å². The Morgan fingerprint density at radius 1 is 1.36 bits per heavy atom. The van der Waals surface area contributed by atoms with Crippen molar-refractivity contribution >= 4 is 11.8 Å². The summed E-state index contributed by atoms with van der Waals surface area (Å²) in [6, 6.07) is 1.87. The van der Waals surface area contributed by atoms with Crippen molar-refractivity contribution in [3.8, 4) is 0 Å². The summed E-state index contributed by atoms with van der Waals surface area (Å²) in [7, 11) is 0. The number of likely N-dealkylation sites (tertiary alicyclic amines) is 1. The minimum Gasteiger partial charge on any atom is -0.369 e. The summed E-state index contributed by atoms with van der Waals surface area (Å²) in [5.74, 6) is -0.407. The van der Waals surface area contributed by atoms with E-state index in [1.807, 2.05) is 10.7 Å². The van der Waals surface area contributed by atoms with Crippen LogP contribution >= 0.6 is 0 Å². The number of hydrogen-bond donors (Lipinski definition) is 1. The van der Waals surface area contributed by atoms with Gasteiger partial charge in [-0.3, -0.25) is 14.3 Å². The van der Waals surface area contributed by atoms with Crippen LogP contribution in [0.15, 0.2) is 6.07 Å². The molecule has 0 bridgehead atoms. The summed E-state index contributed by atoms with van der Waals surface area (Å²) in [4.78, 5) is 25.6. The zero-order valence-electron chi connectivity index (χ0n) is 14.1. The van der Waals surface area contributed by atoms with Gasteiger partial charge in [-0.15, -0.1) is 0 Å². The number of carbonyl (C=O) groups excluding carboxylic acids is 2. The summed E-state index contributed by atoms with van der Waals surface area (Å²) in [5, 5.41) is 4.53. The number of rotatable bonds is 3. The van der Waals surface area contributed by atoms with Gasteiger partial charge in [-0.25, -0.2) is 0 Å². The SMILES string of the molecule is CC(C)c1cc(C(=O)N2CC[C@@H](C(N)=O)C2)nn1C(C)(C)C. The van der Waals surface area contributed by atoms with E-state index in [2.05, 4.69) is 39.7 Å². The van der Waals surface area contributed by atoms with E-state index in [1.165, 1.54) is 0 Å². The molecular weight excluding hydrogens is 280 g/mol. The molecular formula is C16H26N4O2. The summed E-state index contributed by atoms with van der Waals surface area (Å²) in [6.45, 7) is 11.3. The molecule has 0 spiro atoms. The molecule has 1 aliphatic heterocycles. The van der Waals surface area contributed by atoms with Crippen LogP contribution in [0.4, 0.5) is 0 Å². The van der Waals surface area contributed by atoms with Crippen LogP contribution in [-0.2, 0) is 10.3 Å². The highest BCUT2D eigenvalue weighted by Crippen LogP contribution is 2.25. The zero-order valence-corrected chi connectivity index (χ0v) is 14.1. The van der Waals surface area contributed by atoms with E-state index < -0.39 is 0 Å². The Morgan fingerprint density at radius 2 is 2.00 bits per heavy atom. The van der Waals surface area contributed by atoms with Gasteiger partial charge in [-0.2, -0.15) is 5.10 Å². The first-order valence-electron chi connectivity index (χ1n) is 7.80. The van der Waals surface area contributed by atoms with Crippen LogP contribution in [0.1, 0.15) is 63.1 Å². The standard InChI is InChI=1S/C16H26N4O2/c1-10(2)13-8-12(18-20(13)16(3,4)5)15(22)19-7-6-11(9-19)14(17)21/h8,10-11H,6-7,9H2,1-5H3,(H2,17,21)/t11-/m1/s1. The Bertz CT molecular complexity index is 583. The van der Waals surface area contributed by atoms with Gasteiger partial charge in [-0.05, 0) is 39.2 Å². The molecule has 2 rings (SSSR count). The van der Waals surface area contributed by atoms with E-state index in [-0.39, 0.29) is 29.2 Å². The molecule has 6 nitrogen and oxygen atoms in total. The maximum atomic E-state index is 12.6. The second kappa shape index (κ2) is 5.74. The fraction of sp³-hybridized carbons (Fsp3) is 0.688. The Balaban J connectivity index is 2.26. The second-order valence-corrected chi connectivity index (χ2v) is 7.33. The smallest absolute Gasteiger partial charge is 0.274 e. The first-order chi connectivity index (χ1) is 10.1. The Kier molecular flexibility index (Phi) is 4.31. The summed E-state index contributed by atoms with van der Waals surface area (Å²) < 4.78 is 1.92. The third-order valence-electron chi connectivity index (χ3n) is 4.06. The van der Waals surface area contributed by atoms with Crippen LogP contribution in [0.5, 0.6) is 0 Å². The lowest BCUT2D eigenvalue weighted by Crippen LogP contribution is -2.32. The van der Waals surface area contributed by atoms with Gasteiger partial charge in [-0.1, -0.05) is 13.8 Å². The number of nitrogens with zero attached hydrogens (tertiary/aromatic N) is 3. The van der Waals surface area contributed by atoms with Gasteiger partial charge in [0, 0.05) is 18.8 Å². The quantitative estimate of drug-likeness (QED) is 0.923. The van der Waals surface area contributed by atoms with Crippen molar-refractivity contribution in [3.63, 3.8) is 0 Å². The number of aromatic nitrogens is 2. The lowest BCUT2D eigenvalue weighted by atomic mass is 10.1. The molecule has 6 heteroatoms. The largest absolute Gasteiger partial charge is 0.369 e. The second-order valence-electron chi connectivity index (χ2n) is 7.33. The fourth-order valence-corrected chi connectivity index (χ4v) is 2.79. The van der Waals surface area contributed by atoms with Crippen molar-refractivity contribution in [2.24, 2.45) is 11.7 Å². The monoisotopic (exact) mass is 306 g/mol. The van der Waals surface area contributed by atoms with Crippen LogP contribution in [0.2, 0.25) is 0 Å². The number of nitrogens with two attached hydrogens (primary N) is 1. The van der Waals surface area contributed by atoms with Crippen LogP contribution in [0.3, 0.4) is 0 Å². The molecule has 122 valence electrons. The van der Waals surface area contributed by atoms with Crippen LogP contribution in [0, 0.1) is 5.92 Å². The number of primary amides is 1. The number of amides is 2. The van der Waals surface area contributed by atoms with Crippen molar-refractivity contribution in [1.82, 2.24) is 14.7 Å². The predicted molar refractivity (Wildman–Crippen MR) is 84.5 cm³/mol. The molecule has 1 aromatic rings. The number of hydrogen-bond acceptors (Lipinski definition) is 3. The topological polar surface area (TPSA) is 81.2 Å². The summed E-state index contributed by atoms with van der Waals surface area (Å²) >= 11 is 0. The van der Waals surface area contributed by atoms with Crippen LogP contribution in [-0.4, -0.2) is 39.6 Å². The highest BCUT2D eigenvalue weighted by atomic mass is 16.2. The predicted octanol–water partition coefficient (Wildman–Crippen LogP) is 1.71. The highest BCUT2D eigenvalue weighted by molar-refractivity contribution is 5.93. The molecule has 0 aromatic carbocycles. The maximum Gasteiger partial charge on any atom is 0.274 e. The van der Waals surface area contributed by atoms with Crippen molar-refractivity contribution < 1.29 is 9.59 Å². The molecule has 0 unspecified atom stereocenters. The average Bonchev–Trinajstić information content (AvgIpc) is 3.04. The van der Waals surface area contributed by atoms with Gasteiger partial charge >= 0.3 is 0 Å². The zero-order chi connectivity index (χ0) is 16.7. The minimum atomic E-state index is -0.335. The Labute approximate surface area is 131 Å². The van der Waals surface area contributed by atoms with Gasteiger partial charge < -0.3 is 10.6 Å². The van der Waals surface area contributed by atoms with E-state index in [0.29, 0.717) is 25.2 Å². The van der Waals surface area contributed by atoms with Crippen molar-refractivity contribution in [2.75, 3.05) is 13.1 Å². The lowest BCUT2D eigenvalue weighted by molar-refractivity contribution is -0.121. The van der Waals surface area contributed by atoms with E-state index in [4.69, 9.17) is 5.73 Å². The third kappa shape index (κ3) is 3.15. The van der Waals surface area contributed by atoms with Gasteiger partial charge in [0.15, 0.2) is 5.69 Å². The third-order valence-corrected chi connectivity index (χ3v) is 4.06. The molecule has 2 heterocycles. The molecule has 0 radical (unpaired) electrons. The van der Waals surface area contributed by atoms with E-state index >= 15 is 0 Å². The fourth-order valence-electron chi connectivity index (χ4n) is 2.79. The molecule has 1 aromatic heterocycles. The van der Waals surface area contributed by atoms with Crippen molar-refractivity contribution in [2.45, 2.75) is 52.5 Å². The van der Waals surface area contributed by atoms with Gasteiger partial charge in [0.1, 0.15) is 0 Å². The molecule has 1 saturated heterocycles. The molecule has 0 saturated carbocycles. The van der Waals surface area contributed by atoms with Crippen molar-refractivity contribution in [1.29, 1.82) is 0 Å². The molecule has 1 fully saturated rings. The first kappa shape index (κ1) is 16.5. The highest BCUT2D eigenvalue weighted by Gasteiger charge is 2.32. The molecule has 0 aliphatic carbocycles. The molecule has 1 atom stereocenters. The molecule has 1 aliphatic rings. The molecule has 2 N–H and O–H groups in total. The van der Waals surface area contributed by atoms with Gasteiger partial charge in [0.05, 0.1) is 11.5 Å². The lowest BCUT2D eigenvalue weighted by Gasteiger charge is -2.23. The molecule has 22 heavy (non-hydrogen) atoms. The Hall–Kier alpha value is -1.85. The Morgan fingerprint density at radius 3 is 2.41 bits per heavy atom. The van der Waals surface area contributed by atoms with E-state index in [1.54, 1.807) is 4.90 Å². The van der Waals surface area contributed by atoms with Gasteiger partial charge in [0.2, 0.25) is 5.91 Å². The summed E-state index contributed by atoms with van der Waals surface area (Å²) in [6.07, 6.45) is 0.637.